The Kier molecular flexibility index (Phi) is 5.53. The average Bonchev–Trinajstić information content (AvgIpc) is 3.21. The van der Waals surface area contributed by atoms with Crippen LogP contribution in [0.4, 0.5) is 0 Å². The standard InChI is InChI=1S/C21H27N3O3S/c1-13-18(14(2)27-23-13)11-24-10-9-16(7-8-19(24)25)22-21(26)20-17-6-4-3-5-15(17)12-28-20/h12,16H,3-11H2,1-2H3,(H,22,26). The lowest BCUT2D eigenvalue weighted by molar-refractivity contribution is -0.131. The zero-order valence-electron chi connectivity index (χ0n) is 16.5. The minimum atomic E-state index is 0.0322. The number of aromatic nitrogens is 1. The number of carbonyl (C=O) groups excluding carboxylic acids is 2. The summed E-state index contributed by atoms with van der Waals surface area (Å²) in [5.41, 5.74) is 4.42. The van der Waals surface area contributed by atoms with Crippen molar-refractivity contribution in [2.24, 2.45) is 0 Å². The summed E-state index contributed by atoms with van der Waals surface area (Å²) in [6, 6.07) is 0.0347. The number of fused-ring (bicyclic) bond motifs is 1. The molecule has 0 radical (unpaired) electrons. The monoisotopic (exact) mass is 401 g/mol. The molecule has 7 heteroatoms. The number of hydrogen-bond donors (Lipinski definition) is 1. The molecule has 2 aromatic rings. The molecular formula is C21H27N3O3S. The average molecular weight is 402 g/mol. The lowest BCUT2D eigenvalue weighted by Gasteiger charge is -2.21. The maximum Gasteiger partial charge on any atom is 0.261 e. The first-order chi connectivity index (χ1) is 13.5. The molecule has 1 saturated heterocycles. The summed E-state index contributed by atoms with van der Waals surface area (Å²) >= 11 is 1.57. The zero-order chi connectivity index (χ0) is 19.7. The third-order valence-corrected chi connectivity index (χ3v) is 7.05. The van der Waals surface area contributed by atoms with E-state index >= 15 is 0 Å². The molecule has 1 atom stereocenters. The van der Waals surface area contributed by atoms with Crippen LogP contribution in [0.1, 0.15) is 69.9 Å². The van der Waals surface area contributed by atoms with Crippen molar-refractivity contribution in [1.82, 2.24) is 15.4 Å². The molecule has 0 spiro atoms. The minimum Gasteiger partial charge on any atom is -0.361 e. The molecule has 1 fully saturated rings. The maximum atomic E-state index is 12.8. The van der Waals surface area contributed by atoms with Crippen LogP contribution in [0, 0.1) is 13.8 Å². The Morgan fingerprint density at radius 2 is 2.11 bits per heavy atom. The molecule has 6 nitrogen and oxygen atoms in total. The highest BCUT2D eigenvalue weighted by Crippen LogP contribution is 2.30. The molecule has 0 aromatic carbocycles. The number of hydrogen-bond acceptors (Lipinski definition) is 5. The summed E-state index contributed by atoms with van der Waals surface area (Å²) < 4.78 is 5.22. The van der Waals surface area contributed by atoms with Crippen molar-refractivity contribution in [3.8, 4) is 0 Å². The van der Waals surface area contributed by atoms with Crippen molar-refractivity contribution in [2.45, 2.75) is 71.4 Å². The molecule has 2 amide bonds. The van der Waals surface area contributed by atoms with E-state index < -0.39 is 0 Å². The molecule has 2 aliphatic rings. The summed E-state index contributed by atoms with van der Waals surface area (Å²) in [6.45, 7) is 4.94. The third kappa shape index (κ3) is 3.85. The highest BCUT2D eigenvalue weighted by Gasteiger charge is 2.27. The van der Waals surface area contributed by atoms with Crippen molar-refractivity contribution in [3.05, 3.63) is 38.4 Å². The van der Waals surface area contributed by atoms with E-state index in [0.29, 0.717) is 25.9 Å². The van der Waals surface area contributed by atoms with E-state index in [4.69, 9.17) is 4.52 Å². The van der Waals surface area contributed by atoms with Crippen LogP contribution in [0.25, 0.3) is 0 Å². The van der Waals surface area contributed by atoms with Crippen molar-refractivity contribution < 1.29 is 14.1 Å². The van der Waals surface area contributed by atoms with E-state index in [1.807, 2.05) is 18.7 Å². The Bertz CT molecular complexity index is 866. The smallest absolute Gasteiger partial charge is 0.261 e. The molecule has 1 aliphatic heterocycles. The fraction of sp³-hybridized carbons (Fsp3) is 0.571. The van der Waals surface area contributed by atoms with E-state index in [1.54, 1.807) is 11.3 Å². The van der Waals surface area contributed by atoms with Gasteiger partial charge in [0, 0.05) is 24.6 Å². The number of carbonyl (C=O) groups is 2. The number of aryl methyl sites for hydroxylation is 3. The molecule has 1 unspecified atom stereocenters. The van der Waals surface area contributed by atoms with Crippen molar-refractivity contribution >= 4 is 23.2 Å². The summed E-state index contributed by atoms with van der Waals surface area (Å²) in [5, 5.41) is 9.32. The van der Waals surface area contributed by atoms with Gasteiger partial charge in [0.2, 0.25) is 5.91 Å². The summed E-state index contributed by atoms with van der Waals surface area (Å²) in [6.07, 6.45) is 6.40. The number of likely N-dealkylation sites (tertiary alicyclic amines) is 1. The van der Waals surface area contributed by atoms with E-state index in [9.17, 15) is 9.59 Å². The van der Waals surface area contributed by atoms with Crippen LogP contribution in [0.5, 0.6) is 0 Å². The molecule has 3 heterocycles. The minimum absolute atomic E-state index is 0.0322. The van der Waals surface area contributed by atoms with Gasteiger partial charge in [-0.25, -0.2) is 0 Å². The molecule has 0 saturated carbocycles. The first-order valence-corrected chi connectivity index (χ1v) is 11.0. The Morgan fingerprint density at radius 3 is 2.89 bits per heavy atom. The van der Waals surface area contributed by atoms with E-state index in [1.165, 1.54) is 24.0 Å². The lowest BCUT2D eigenvalue weighted by atomic mass is 9.93. The van der Waals surface area contributed by atoms with Crippen molar-refractivity contribution in [3.63, 3.8) is 0 Å². The molecule has 2 aromatic heterocycles. The molecule has 1 aliphatic carbocycles. The third-order valence-electron chi connectivity index (χ3n) is 5.98. The van der Waals surface area contributed by atoms with Crippen LogP contribution in [-0.2, 0) is 24.2 Å². The van der Waals surface area contributed by atoms with Crippen molar-refractivity contribution in [1.29, 1.82) is 0 Å². The maximum absolute atomic E-state index is 12.8. The number of amides is 2. The SMILES string of the molecule is Cc1noc(C)c1CN1CCC(NC(=O)c2scc3c2CCCC3)CCC1=O. The normalized spacial score (nSPS) is 20.0. The summed E-state index contributed by atoms with van der Waals surface area (Å²) in [7, 11) is 0. The van der Waals surface area contributed by atoms with Gasteiger partial charge in [-0.1, -0.05) is 5.16 Å². The Labute approximate surface area is 169 Å². The fourth-order valence-corrected chi connectivity index (χ4v) is 5.29. The fourth-order valence-electron chi connectivity index (χ4n) is 4.23. The molecule has 4 rings (SSSR count). The first kappa shape index (κ1) is 19.2. The Balaban J connectivity index is 1.39. The van der Waals surface area contributed by atoms with E-state index in [2.05, 4.69) is 15.9 Å². The predicted molar refractivity (Wildman–Crippen MR) is 107 cm³/mol. The quantitative estimate of drug-likeness (QED) is 0.850. The van der Waals surface area contributed by atoms with Crippen LogP contribution in [0.3, 0.4) is 0 Å². The van der Waals surface area contributed by atoms with Gasteiger partial charge in [-0.3, -0.25) is 9.59 Å². The molecular weight excluding hydrogens is 374 g/mol. The van der Waals surface area contributed by atoms with E-state index in [-0.39, 0.29) is 17.9 Å². The number of rotatable bonds is 4. The van der Waals surface area contributed by atoms with Crippen molar-refractivity contribution in [2.75, 3.05) is 6.54 Å². The zero-order valence-corrected chi connectivity index (χ0v) is 17.4. The summed E-state index contributed by atoms with van der Waals surface area (Å²) in [5.74, 6) is 0.928. The predicted octanol–water partition coefficient (Wildman–Crippen LogP) is 3.54. The molecule has 28 heavy (non-hydrogen) atoms. The van der Waals surface area contributed by atoms with Gasteiger partial charge in [0.05, 0.1) is 17.1 Å². The van der Waals surface area contributed by atoms with Crippen LogP contribution in [0.15, 0.2) is 9.90 Å². The molecule has 0 bridgehead atoms. The van der Waals surface area contributed by atoms with Gasteiger partial charge < -0.3 is 14.7 Å². The second-order valence-electron chi connectivity index (χ2n) is 7.89. The first-order valence-electron chi connectivity index (χ1n) is 10.1. The van der Waals surface area contributed by atoms with Crippen LogP contribution >= 0.6 is 11.3 Å². The topological polar surface area (TPSA) is 75.4 Å². The van der Waals surface area contributed by atoms with Gasteiger partial charge in [-0.05, 0) is 68.9 Å². The second kappa shape index (κ2) is 8.07. The van der Waals surface area contributed by atoms with Crippen LogP contribution in [-0.4, -0.2) is 34.5 Å². The van der Waals surface area contributed by atoms with Gasteiger partial charge in [0.1, 0.15) is 5.76 Å². The van der Waals surface area contributed by atoms with Gasteiger partial charge in [-0.15, -0.1) is 11.3 Å². The summed E-state index contributed by atoms with van der Waals surface area (Å²) in [4.78, 5) is 28.2. The van der Waals surface area contributed by atoms with Gasteiger partial charge in [-0.2, -0.15) is 0 Å². The highest BCUT2D eigenvalue weighted by molar-refractivity contribution is 7.12. The second-order valence-corrected chi connectivity index (χ2v) is 8.77. The van der Waals surface area contributed by atoms with Gasteiger partial charge in [0.15, 0.2) is 0 Å². The van der Waals surface area contributed by atoms with Crippen LogP contribution < -0.4 is 5.32 Å². The van der Waals surface area contributed by atoms with Gasteiger partial charge >= 0.3 is 0 Å². The Morgan fingerprint density at radius 1 is 1.29 bits per heavy atom. The number of thiophene rings is 1. The molecule has 1 N–H and O–H groups in total. The largest absolute Gasteiger partial charge is 0.361 e. The highest BCUT2D eigenvalue weighted by atomic mass is 32.1. The number of nitrogens with zero attached hydrogens (tertiary/aromatic N) is 2. The van der Waals surface area contributed by atoms with Crippen LogP contribution in [0.2, 0.25) is 0 Å². The van der Waals surface area contributed by atoms with E-state index in [0.717, 1.165) is 41.2 Å². The number of nitrogens with one attached hydrogen (secondary N) is 1. The van der Waals surface area contributed by atoms with Gasteiger partial charge in [0.25, 0.3) is 5.91 Å². The Hall–Kier alpha value is -2.15. The molecule has 150 valence electrons. The lowest BCUT2D eigenvalue weighted by Crippen LogP contribution is -2.36.